The summed E-state index contributed by atoms with van der Waals surface area (Å²) in [5, 5.41) is 3.25. The van der Waals surface area contributed by atoms with Crippen molar-refractivity contribution in [1.29, 1.82) is 0 Å². The second-order valence-electron chi connectivity index (χ2n) is 4.94. The molecule has 0 aliphatic carbocycles. The van der Waals surface area contributed by atoms with Gasteiger partial charge < -0.3 is 10.1 Å². The van der Waals surface area contributed by atoms with Gasteiger partial charge in [0.2, 0.25) is 10.0 Å². The minimum Gasteiger partial charge on any atom is -0.495 e. The van der Waals surface area contributed by atoms with Crippen LogP contribution in [0.1, 0.15) is 24.2 Å². The Bertz CT molecular complexity index is 743. The Morgan fingerprint density at radius 3 is 2.62 bits per heavy atom. The third-order valence-corrected chi connectivity index (χ3v) is 6.52. The van der Waals surface area contributed by atoms with Crippen LogP contribution in [0.25, 0.3) is 0 Å². The number of aliphatic imine (C=N–C) groups is 1. The number of sulfonamides is 1. The molecule has 0 fully saturated rings. The zero-order valence-electron chi connectivity index (χ0n) is 13.9. The van der Waals surface area contributed by atoms with Crippen molar-refractivity contribution in [3.05, 3.63) is 23.8 Å². The van der Waals surface area contributed by atoms with Crippen molar-refractivity contribution in [1.82, 2.24) is 9.62 Å². The van der Waals surface area contributed by atoms with E-state index in [2.05, 4.69) is 10.3 Å². The molecule has 9 heteroatoms. The molecule has 2 rings (SSSR count). The van der Waals surface area contributed by atoms with Crippen molar-refractivity contribution < 1.29 is 17.9 Å². The van der Waals surface area contributed by atoms with E-state index in [0.29, 0.717) is 24.8 Å². The molecule has 1 aliphatic rings. The van der Waals surface area contributed by atoms with E-state index < -0.39 is 10.0 Å². The summed E-state index contributed by atoms with van der Waals surface area (Å²) in [5.74, 6) is 0.660. The van der Waals surface area contributed by atoms with Gasteiger partial charge in [0.15, 0.2) is 5.17 Å². The molecular formula is C15H21N3O4S2. The van der Waals surface area contributed by atoms with Crippen LogP contribution in [-0.2, 0) is 10.0 Å². The lowest BCUT2D eigenvalue weighted by Gasteiger charge is -2.20. The Hall–Kier alpha value is -1.58. The number of nitrogens with one attached hydrogen (secondary N) is 1. The molecule has 0 radical (unpaired) electrons. The van der Waals surface area contributed by atoms with Crippen LogP contribution in [0, 0.1) is 0 Å². The monoisotopic (exact) mass is 371 g/mol. The Morgan fingerprint density at radius 1 is 1.38 bits per heavy atom. The first kappa shape index (κ1) is 18.8. The van der Waals surface area contributed by atoms with Crippen LogP contribution in [0.5, 0.6) is 5.75 Å². The summed E-state index contributed by atoms with van der Waals surface area (Å²) in [7, 11) is -2.33. The normalized spacial score (nSPS) is 14.6. The molecule has 0 saturated carbocycles. The minimum absolute atomic E-state index is 0.0117. The standard InChI is InChI=1S/C15H21N3O4S2/c1-4-18(5-2)24(20,21)13-10-11(6-7-12(13)22-3)14(19)17-15-16-8-9-23-15/h6-7,10H,4-5,8-9H2,1-3H3,(H,16,17,19). The first-order chi connectivity index (χ1) is 11.4. The van der Waals surface area contributed by atoms with E-state index in [-0.39, 0.29) is 22.1 Å². The van der Waals surface area contributed by atoms with Gasteiger partial charge in [-0.25, -0.2) is 8.42 Å². The molecule has 1 aromatic rings. The number of amidine groups is 1. The summed E-state index contributed by atoms with van der Waals surface area (Å²) in [6, 6.07) is 4.38. The van der Waals surface area contributed by atoms with Crippen LogP contribution >= 0.6 is 11.8 Å². The summed E-state index contributed by atoms with van der Waals surface area (Å²) in [6.45, 7) is 4.88. The molecule has 0 spiro atoms. The number of thioether (sulfide) groups is 1. The minimum atomic E-state index is -3.73. The highest BCUT2D eigenvalue weighted by Gasteiger charge is 2.27. The molecule has 132 valence electrons. The molecule has 24 heavy (non-hydrogen) atoms. The van der Waals surface area contributed by atoms with Crippen molar-refractivity contribution in [3.63, 3.8) is 0 Å². The summed E-state index contributed by atoms with van der Waals surface area (Å²) >= 11 is 1.46. The second kappa shape index (κ2) is 8.00. The van der Waals surface area contributed by atoms with Crippen molar-refractivity contribution in [3.8, 4) is 5.75 Å². The van der Waals surface area contributed by atoms with Crippen molar-refractivity contribution >= 4 is 32.9 Å². The highest BCUT2D eigenvalue weighted by molar-refractivity contribution is 8.14. The number of methoxy groups -OCH3 is 1. The topological polar surface area (TPSA) is 88.1 Å². The number of nitrogens with zero attached hydrogens (tertiary/aromatic N) is 2. The Labute approximate surface area is 146 Å². The number of ether oxygens (including phenoxy) is 1. The number of carbonyl (C=O) groups excluding carboxylic acids is 1. The fourth-order valence-electron chi connectivity index (χ4n) is 2.30. The van der Waals surface area contributed by atoms with Gasteiger partial charge in [0, 0.05) is 24.4 Å². The SMILES string of the molecule is CCN(CC)S(=O)(=O)c1cc(C(=O)NC2=NCCS2)ccc1OC. The number of hydrogen-bond acceptors (Lipinski definition) is 6. The van der Waals surface area contributed by atoms with E-state index >= 15 is 0 Å². The Morgan fingerprint density at radius 2 is 2.08 bits per heavy atom. The molecule has 0 bridgehead atoms. The lowest BCUT2D eigenvalue weighted by Crippen LogP contribution is -2.31. The van der Waals surface area contributed by atoms with E-state index in [1.807, 2.05) is 0 Å². The van der Waals surface area contributed by atoms with Gasteiger partial charge in [-0.2, -0.15) is 4.31 Å². The van der Waals surface area contributed by atoms with Crippen molar-refractivity contribution in [2.75, 3.05) is 32.5 Å². The zero-order valence-corrected chi connectivity index (χ0v) is 15.5. The lowest BCUT2D eigenvalue weighted by molar-refractivity contribution is 0.0977. The van der Waals surface area contributed by atoms with Gasteiger partial charge in [-0.05, 0) is 18.2 Å². The maximum Gasteiger partial charge on any atom is 0.257 e. The summed E-state index contributed by atoms with van der Waals surface area (Å²) < 4.78 is 32.1. The highest BCUT2D eigenvalue weighted by atomic mass is 32.2. The van der Waals surface area contributed by atoms with Gasteiger partial charge in [-0.15, -0.1) is 0 Å². The van der Waals surface area contributed by atoms with Gasteiger partial charge in [0.1, 0.15) is 10.6 Å². The fraction of sp³-hybridized carbons (Fsp3) is 0.467. The maximum absolute atomic E-state index is 12.8. The quantitative estimate of drug-likeness (QED) is 0.820. The number of hydrogen-bond donors (Lipinski definition) is 1. The second-order valence-corrected chi connectivity index (χ2v) is 7.93. The van der Waals surface area contributed by atoms with Crippen LogP contribution in [-0.4, -0.2) is 56.3 Å². The van der Waals surface area contributed by atoms with Crippen molar-refractivity contribution in [2.24, 2.45) is 4.99 Å². The predicted octanol–water partition coefficient (Wildman–Crippen LogP) is 1.56. The lowest BCUT2D eigenvalue weighted by atomic mass is 10.2. The molecule has 7 nitrogen and oxygen atoms in total. The van der Waals surface area contributed by atoms with Gasteiger partial charge in [-0.1, -0.05) is 25.6 Å². The average molecular weight is 371 g/mol. The van der Waals surface area contributed by atoms with Gasteiger partial charge in [0.25, 0.3) is 5.91 Å². The zero-order chi connectivity index (χ0) is 17.7. The summed E-state index contributed by atoms with van der Waals surface area (Å²) in [6.07, 6.45) is 0. The van der Waals surface area contributed by atoms with Gasteiger partial charge in [0.05, 0.1) is 13.7 Å². The van der Waals surface area contributed by atoms with Crippen LogP contribution in [0.3, 0.4) is 0 Å². The number of rotatable bonds is 6. The van der Waals surface area contributed by atoms with E-state index in [9.17, 15) is 13.2 Å². The molecule has 0 aromatic heterocycles. The molecule has 0 unspecified atom stereocenters. The molecule has 1 aliphatic heterocycles. The van der Waals surface area contributed by atoms with E-state index in [0.717, 1.165) is 5.75 Å². The van der Waals surface area contributed by atoms with E-state index in [1.165, 1.54) is 41.4 Å². The highest BCUT2D eigenvalue weighted by Crippen LogP contribution is 2.28. The average Bonchev–Trinajstić information content (AvgIpc) is 3.08. The van der Waals surface area contributed by atoms with Gasteiger partial charge in [-0.3, -0.25) is 9.79 Å². The summed E-state index contributed by atoms with van der Waals surface area (Å²) in [4.78, 5) is 16.5. The smallest absolute Gasteiger partial charge is 0.257 e. The third-order valence-electron chi connectivity index (χ3n) is 3.55. The van der Waals surface area contributed by atoms with E-state index in [4.69, 9.17) is 4.74 Å². The van der Waals surface area contributed by atoms with E-state index in [1.54, 1.807) is 13.8 Å². The number of benzene rings is 1. The molecule has 1 aromatic carbocycles. The van der Waals surface area contributed by atoms with Crippen LogP contribution in [0.2, 0.25) is 0 Å². The Kier molecular flexibility index (Phi) is 6.25. The predicted molar refractivity (Wildman–Crippen MR) is 95.3 cm³/mol. The van der Waals surface area contributed by atoms with Crippen LogP contribution in [0.15, 0.2) is 28.1 Å². The number of amides is 1. The molecule has 1 heterocycles. The first-order valence-electron chi connectivity index (χ1n) is 7.60. The molecule has 1 N–H and O–H groups in total. The Balaban J connectivity index is 2.38. The first-order valence-corrected chi connectivity index (χ1v) is 10.0. The fourth-order valence-corrected chi connectivity index (χ4v) is 4.67. The van der Waals surface area contributed by atoms with Crippen LogP contribution in [0.4, 0.5) is 0 Å². The summed E-state index contributed by atoms with van der Waals surface area (Å²) in [5.41, 5.74) is 0.247. The maximum atomic E-state index is 12.8. The molecular weight excluding hydrogens is 350 g/mol. The molecule has 0 atom stereocenters. The van der Waals surface area contributed by atoms with Crippen LogP contribution < -0.4 is 10.1 Å². The molecule has 0 saturated heterocycles. The third kappa shape index (κ3) is 3.90. The van der Waals surface area contributed by atoms with Crippen molar-refractivity contribution in [2.45, 2.75) is 18.7 Å². The largest absolute Gasteiger partial charge is 0.495 e. The van der Waals surface area contributed by atoms with Gasteiger partial charge >= 0.3 is 0 Å². The number of carbonyl (C=O) groups is 1. The molecule has 1 amide bonds.